The van der Waals surface area contributed by atoms with Crippen molar-refractivity contribution in [2.24, 2.45) is 5.92 Å². The number of hydrogen-bond donors (Lipinski definition) is 1. The van der Waals surface area contributed by atoms with Crippen molar-refractivity contribution < 1.29 is 19.1 Å². The summed E-state index contributed by atoms with van der Waals surface area (Å²) in [5.74, 6) is 0.0201. The molecule has 0 saturated carbocycles. The molecule has 1 aromatic heterocycles. The van der Waals surface area contributed by atoms with Crippen molar-refractivity contribution in [3.8, 4) is 16.8 Å². The standard InChI is InChI=1S/C32H41N5O4/c1-23(2)36(29(39)19-24-13-12-18-35(20-24)31(40)41-32(3,4)5)22-28(38)33-30-27(25-14-8-6-9-15-25)21-37(34-30)26-16-10-7-11-17-26/h6-11,14-17,21,23-24H,12-13,18-20,22H2,1-5H3,(H,33,34,38). The van der Waals surface area contributed by atoms with Crippen LogP contribution in [0.5, 0.6) is 0 Å². The quantitative estimate of drug-likeness (QED) is 0.379. The lowest BCUT2D eigenvalue weighted by molar-refractivity contribution is -0.137. The van der Waals surface area contributed by atoms with Gasteiger partial charge in [-0.15, -0.1) is 5.10 Å². The summed E-state index contributed by atoms with van der Waals surface area (Å²) in [6, 6.07) is 19.3. The number of hydrogen-bond acceptors (Lipinski definition) is 5. The van der Waals surface area contributed by atoms with E-state index in [0.29, 0.717) is 18.9 Å². The Labute approximate surface area is 242 Å². The molecule has 3 aromatic rings. The molecular formula is C32H41N5O4. The van der Waals surface area contributed by atoms with Crippen LogP contribution in [0, 0.1) is 5.92 Å². The number of anilines is 1. The zero-order valence-corrected chi connectivity index (χ0v) is 24.7. The highest BCUT2D eigenvalue weighted by Crippen LogP contribution is 2.28. The molecule has 2 aromatic carbocycles. The van der Waals surface area contributed by atoms with E-state index in [1.165, 1.54) is 0 Å². The van der Waals surface area contributed by atoms with Crippen LogP contribution in [0.2, 0.25) is 0 Å². The predicted molar refractivity (Wildman–Crippen MR) is 160 cm³/mol. The van der Waals surface area contributed by atoms with Crippen molar-refractivity contribution in [1.82, 2.24) is 19.6 Å². The van der Waals surface area contributed by atoms with Crippen molar-refractivity contribution in [3.63, 3.8) is 0 Å². The number of amides is 3. The fraction of sp³-hybridized carbons (Fsp3) is 0.438. The number of benzene rings is 2. The monoisotopic (exact) mass is 559 g/mol. The van der Waals surface area contributed by atoms with Gasteiger partial charge >= 0.3 is 6.09 Å². The summed E-state index contributed by atoms with van der Waals surface area (Å²) in [6.45, 7) is 10.3. The van der Waals surface area contributed by atoms with E-state index in [1.54, 1.807) is 14.5 Å². The fourth-order valence-electron chi connectivity index (χ4n) is 4.98. The van der Waals surface area contributed by atoms with Crippen LogP contribution in [-0.2, 0) is 14.3 Å². The second-order valence-electron chi connectivity index (χ2n) is 11.8. The first-order chi connectivity index (χ1) is 19.5. The van der Waals surface area contributed by atoms with Gasteiger partial charge in [-0.1, -0.05) is 48.5 Å². The summed E-state index contributed by atoms with van der Waals surface area (Å²) in [4.78, 5) is 42.6. The molecule has 2 heterocycles. The van der Waals surface area contributed by atoms with E-state index in [0.717, 1.165) is 29.7 Å². The van der Waals surface area contributed by atoms with Crippen LogP contribution in [0.4, 0.5) is 10.6 Å². The topological polar surface area (TPSA) is 96.8 Å². The van der Waals surface area contributed by atoms with Crippen molar-refractivity contribution in [1.29, 1.82) is 0 Å². The zero-order valence-electron chi connectivity index (χ0n) is 24.7. The van der Waals surface area contributed by atoms with Gasteiger partial charge in [0.1, 0.15) is 12.1 Å². The Bertz CT molecular complexity index is 1330. The van der Waals surface area contributed by atoms with Crippen LogP contribution in [0.25, 0.3) is 16.8 Å². The van der Waals surface area contributed by atoms with Gasteiger partial charge in [0, 0.05) is 37.3 Å². The fourth-order valence-corrected chi connectivity index (χ4v) is 4.98. The molecule has 1 aliphatic rings. The minimum absolute atomic E-state index is 0.0133. The minimum atomic E-state index is -0.570. The van der Waals surface area contributed by atoms with E-state index in [1.807, 2.05) is 101 Å². The highest BCUT2D eigenvalue weighted by atomic mass is 16.6. The largest absolute Gasteiger partial charge is 0.444 e. The normalized spacial score (nSPS) is 15.5. The highest BCUT2D eigenvalue weighted by Gasteiger charge is 2.31. The molecule has 41 heavy (non-hydrogen) atoms. The second-order valence-corrected chi connectivity index (χ2v) is 11.8. The van der Waals surface area contributed by atoms with Gasteiger partial charge in [-0.2, -0.15) is 0 Å². The number of piperidine rings is 1. The zero-order chi connectivity index (χ0) is 29.6. The number of carbonyl (C=O) groups excluding carboxylic acids is 3. The van der Waals surface area contributed by atoms with E-state index < -0.39 is 5.60 Å². The van der Waals surface area contributed by atoms with Crippen molar-refractivity contribution in [2.75, 3.05) is 25.0 Å². The first-order valence-corrected chi connectivity index (χ1v) is 14.3. The summed E-state index contributed by atoms with van der Waals surface area (Å²) in [7, 11) is 0. The molecule has 0 aliphatic carbocycles. The summed E-state index contributed by atoms with van der Waals surface area (Å²) >= 11 is 0. The first-order valence-electron chi connectivity index (χ1n) is 14.3. The van der Waals surface area contributed by atoms with Crippen LogP contribution in [0.1, 0.15) is 53.9 Å². The minimum Gasteiger partial charge on any atom is -0.444 e. The van der Waals surface area contributed by atoms with Gasteiger partial charge in [-0.3, -0.25) is 9.59 Å². The molecule has 4 rings (SSSR count). The van der Waals surface area contributed by atoms with E-state index in [4.69, 9.17) is 4.74 Å². The molecule has 1 atom stereocenters. The van der Waals surface area contributed by atoms with Gasteiger partial charge in [-0.25, -0.2) is 9.48 Å². The Morgan fingerprint density at radius 3 is 2.34 bits per heavy atom. The maximum absolute atomic E-state index is 13.4. The molecule has 1 fully saturated rings. The molecule has 218 valence electrons. The van der Waals surface area contributed by atoms with Crippen molar-refractivity contribution >= 4 is 23.7 Å². The van der Waals surface area contributed by atoms with E-state index >= 15 is 0 Å². The van der Waals surface area contributed by atoms with Crippen molar-refractivity contribution in [2.45, 2.75) is 65.5 Å². The molecule has 0 bridgehead atoms. The number of nitrogens with zero attached hydrogens (tertiary/aromatic N) is 4. The van der Waals surface area contributed by atoms with Crippen molar-refractivity contribution in [3.05, 3.63) is 66.9 Å². The van der Waals surface area contributed by atoms with Crippen LogP contribution < -0.4 is 5.32 Å². The van der Waals surface area contributed by atoms with Gasteiger partial charge in [0.2, 0.25) is 11.8 Å². The first kappa shape index (κ1) is 29.8. The average Bonchev–Trinajstić information content (AvgIpc) is 3.35. The molecule has 1 unspecified atom stereocenters. The smallest absolute Gasteiger partial charge is 0.410 e. The maximum Gasteiger partial charge on any atom is 0.410 e. The molecule has 0 spiro atoms. The Hall–Kier alpha value is -4.14. The summed E-state index contributed by atoms with van der Waals surface area (Å²) in [5.41, 5.74) is 2.01. The van der Waals surface area contributed by atoms with Gasteiger partial charge < -0.3 is 19.9 Å². The third-order valence-electron chi connectivity index (χ3n) is 6.97. The number of likely N-dealkylation sites (tertiary alicyclic amines) is 1. The van der Waals surface area contributed by atoms with Crippen LogP contribution in [0.15, 0.2) is 66.9 Å². The van der Waals surface area contributed by atoms with Crippen LogP contribution in [-0.4, -0.2) is 68.8 Å². The van der Waals surface area contributed by atoms with Gasteiger partial charge in [0.25, 0.3) is 0 Å². The predicted octanol–water partition coefficient (Wildman–Crippen LogP) is 5.75. The Morgan fingerprint density at radius 1 is 1.05 bits per heavy atom. The summed E-state index contributed by atoms with van der Waals surface area (Å²) in [5, 5.41) is 7.62. The molecule has 0 radical (unpaired) electrons. The number of rotatable bonds is 8. The van der Waals surface area contributed by atoms with E-state index in [9.17, 15) is 14.4 Å². The molecule has 1 saturated heterocycles. The van der Waals surface area contributed by atoms with Gasteiger partial charge in [0.05, 0.1) is 5.69 Å². The molecule has 3 amide bonds. The number of nitrogens with one attached hydrogen (secondary N) is 1. The summed E-state index contributed by atoms with van der Waals surface area (Å²) < 4.78 is 7.27. The lowest BCUT2D eigenvalue weighted by Gasteiger charge is -2.35. The number of para-hydroxylation sites is 1. The van der Waals surface area contributed by atoms with Gasteiger partial charge in [-0.05, 0) is 71.1 Å². The molecular weight excluding hydrogens is 518 g/mol. The molecule has 1 aliphatic heterocycles. The molecule has 9 heteroatoms. The van der Waals surface area contributed by atoms with E-state index in [-0.39, 0.29) is 42.8 Å². The molecule has 9 nitrogen and oxygen atoms in total. The Morgan fingerprint density at radius 2 is 1.71 bits per heavy atom. The lowest BCUT2D eigenvalue weighted by Crippen LogP contribution is -2.46. The number of aromatic nitrogens is 2. The third kappa shape index (κ3) is 8.19. The maximum atomic E-state index is 13.4. The highest BCUT2D eigenvalue weighted by molar-refractivity contribution is 5.97. The second kappa shape index (κ2) is 13.0. The SMILES string of the molecule is CC(C)N(CC(=O)Nc1nn(-c2ccccc2)cc1-c1ccccc1)C(=O)CC1CCCN(C(=O)OC(C)(C)C)C1. The third-order valence-corrected chi connectivity index (χ3v) is 6.97. The molecule has 1 N–H and O–H groups in total. The van der Waals surface area contributed by atoms with Crippen LogP contribution >= 0.6 is 0 Å². The van der Waals surface area contributed by atoms with Crippen LogP contribution in [0.3, 0.4) is 0 Å². The average molecular weight is 560 g/mol. The summed E-state index contributed by atoms with van der Waals surface area (Å²) in [6.07, 6.45) is 3.47. The number of carbonyl (C=O) groups is 3. The lowest BCUT2D eigenvalue weighted by atomic mass is 9.94. The Kier molecular flexibility index (Phi) is 9.47. The van der Waals surface area contributed by atoms with E-state index in [2.05, 4.69) is 10.4 Å². The Balaban J connectivity index is 1.44. The number of ether oxygens (including phenoxy) is 1. The van der Waals surface area contributed by atoms with Gasteiger partial charge in [0.15, 0.2) is 5.82 Å².